The van der Waals surface area contributed by atoms with E-state index in [9.17, 15) is 19.8 Å². The van der Waals surface area contributed by atoms with Gasteiger partial charge in [0.25, 0.3) is 0 Å². The Labute approximate surface area is 176 Å². The van der Waals surface area contributed by atoms with Crippen molar-refractivity contribution in [1.29, 1.82) is 0 Å². The second-order valence-electron chi connectivity index (χ2n) is 5.72. The van der Waals surface area contributed by atoms with E-state index < -0.39 is 11.8 Å². The molecular formula is C19H13Br2N3O4. The van der Waals surface area contributed by atoms with Gasteiger partial charge in [0.2, 0.25) is 0 Å². The molecule has 0 saturated heterocycles. The normalized spacial score (nSPS) is 11.5. The maximum atomic E-state index is 12.1. The third kappa shape index (κ3) is 3.77. The SMILES string of the molecule is NNC(=O)C(=O)N=C(c1ccc2ccccc2c1)c1cc(Br)c(O)c(Br)c1O. The highest BCUT2D eigenvalue weighted by Crippen LogP contribution is 2.42. The van der Waals surface area contributed by atoms with Gasteiger partial charge >= 0.3 is 11.8 Å². The number of carbonyl (C=O) groups excluding carboxylic acids is 2. The third-order valence-corrected chi connectivity index (χ3v) is 5.34. The average Bonchev–Trinajstić information content (AvgIpc) is 2.72. The highest BCUT2D eigenvalue weighted by molar-refractivity contribution is 9.11. The molecule has 0 spiro atoms. The number of carbonyl (C=O) groups is 2. The topological polar surface area (TPSA) is 125 Å². The predicted molar refractivity (Wildman–Crippen MR) is 112 cm³/mol. The van der Waals surface area contributed by atoms with Crippen LogP contribution in [-0.4, -0.2) is 27.7 Å². The fraction of sp³-hybridized carbons (Fsp3) is 0. The molecule has 3 aromatic rings. The average molecular weight is 507 g/mol. The number of aliphatic imine (C=N–C) groups is 1. The summed E-state index contributed by atoms with van der Waals surface area (Å²) in [5.74, 6) is 2.22. The molecule has 0 aromatic heterocycles. The number of rotatable bonds is 2. The van der Waals surface area contributed by atoms with Gasteiger partial charge in [-0.05, 0) is 54.8 Å². The molecule has 3 rings (SSSR count). The number of aromatic hydroxyl groups is 2. The second kappa shape index (κ2) is 8.09. The molecule has 0 aliphatic rings. The van der Waals surface area contributed by atoms with Crippen LogP contribution in [0.2, 0.25) is 0 Å². The maximum Gasteiger partial charge on any atom is 0.336 e. The molecule has 2 amide bonds. The molecule has 5 N–H and O–H groups in total. The molecule has 7 nitrogen and oxygen atoms in total. The zero-order valence-electron chi connectivity index (χ0n) is 14.1. The van der Waals surface area contributed by atoms with Crippen molar-refractivity contribution in [3.8, 4) is 11.5 Å². The summed E-state index contributed by atoms with van der Waals surface area (Å²) in [6, 6.07) is 14.3. The molecule has 0 aliphatic heterocycles. The molecule has 0 radical (unpaired) electrons. The Kier molecular flexibility index (Phi) is 5.78. The lowest BCUT2D eigenvalue weighted by atomic mass is 9.98. The number of phenolic OH excluding ortho intramolecular Hbond substituents is 2. The zero-order valence-corrected chi connectivity index (χ0v) is 17.3. The molecule has 142 valence electrons. The van der Waals surface area contributed by atoms with Crippen LogP contribution in [0.1, 0.15) is 11.1 Å². The Hall–Kier alpha value is -2.75. The molecule has 0 fully saturated rings. The number of fused-ring (bicyclic) bond motifs is 1. The van der Waals surface area contributed by atoms with Crippen molar-refractivity contribution >= 4 is 60.2 Å². The number of amides is 2. The van der Waals surface area contributed by atoms with Gasteiger partial charge in [0.05, 0.1) is 10.2 Å². The third-order valence-electron chi connectivity index (χ3n) is 3.98. The number of hydrogen-bond donors (Lipinski definition) is 4. The summed E-state index contributed by atoms with van der Waals surface area (Å²) in [5, 5.41) is 22.3. The van der Waals surface area contributed by atoms with Crippen LogP contribution in [0.4, 0.5) is 0 Å². The standard InChI is InChI=1S/C19H13Br2N3O4/c20-13-8-12(16(25)14(21)17(13)26)15(23-18(27)19(28)24-22)11-6-5-9-3-1-2-4-10(9)7-11/h1-8,25-26H,22H2,(H,24,28). The number of halogens is 2. The Morgan fingerprint density at radius 3 is 2.32 bits per heavy atom. The fourth-order valence-corrected chi connectivity index (χ4v) is 3.73. The molecule has 9 heteroatoms. The molecular weight excluding hydrogens is 494 g/mol. The lowest BCUT2D eigenvalue weighted by molar-refractivity contribution is -0.137. The highest BCUT2D eigenvalue weighted by Gasteiger charge is 2.22. The lowest BCUT2D eigenvalue weighted by Crippen LogP contribution is -2.35. The van der Waals surface area contributed by atoms with Crippen LogP contribution < -0.4 is 11.3 Å². The summed E-state index contributed by atoms with van der Waals surface area (Å²) in [5.41, 5.74) is 2.39. The molecule has 0 saturated carbocycles. The van der Waals surface area contributed by atoms with Gasteiger partial charge < -0.3 is 10.2 Å². The first-order valence-corrected chi connectivity index (χ1v) is 9.45. The van der Waals surface area contributed by atoms with Crippen LogP contribution in [0.3, 0.4) is 0 Å². The van der Waals surface area contributed by atoms with Gasteiger partial charge in [-0.25, -0.2) is 10.8 Å². The Morgan fingerprint density at radius 1 is 0.964 bits per heavy atom. The largest absolute Gasteiger partial charge is 0.506 e. The molecule has 28 heavy (non-hydrogen) atoms. The number of hydrazine groups is 1. The first-order chi connectivity index (χ1) is 13.3. The van der Waals surface area contributed by atoms with Crippen molar-refractivity contribution < 1.29 is 19.8 Å². The Balaban J connectivity index is 2.28. The number of hydrogen-bond acceptors (Lipinski definition) is 5. The van der Waals surface area contributed by atoms with Gasteiger partial charge in [-0.2, -0.15) is 0 Å². The molecule has 0 unspecified atom stereocenters. The zero-order chi connectivity index (χ0) is 20.4. The van der Waals surface area contributed by atoms with Crippen LogP contribution in [0.5, 0.6) is 11.5 Å². The van der Waals surface area contributed by atoms with Crippen molar-refractivity contribution in [2.24, 2.45) is 10.8 Å². The van der Waals surface area contributed by atoms with Gasteiger partial charge in [0.1, 0.15) is 16.0 Å². The van der Waals surface area contributed by atoms with E-state index in [1.807, 2.05) is 30.3 Å². The van der Waals surface area contributed by atoms with E-state index in [0.29, 0.717) is 5.56 Å². The maximum absolute atomic E-state index is 12.1. The molecule has 0 bridgehead atoms. The summed E-state index contributed by atoms with van der Waals surface area (Å²) in [6.45, 7) is 0. The van der Waals surface area contributed by atoms with Crippen LogP contribution in [-0.2, 0) is 9.59 Å². The smallest absolute Gasteiger partial charge is 0.336 e. The van der Waals surface area contributed by atoms with Crippen molar-refractivity contribution in [3.05, 3.63) is 68.6 Å². The van der Waals surface area contributed by atoms with Gasteiger partial charge in [-0.3, -0.25) is 15.0 Å². The fourth-order valence-electron chi connectivity index (χ4n) is 2.61. The van der Waals surface area contributed by atoms with E-state index in [0.717, 1.165) is 10.8 Å². The Morgan fingerprint density at radius 2 is 1.64 bits per heavy atom. The minimum Gasteiger partial charge on any atom is -0.506 e. The molecule has 0 aliphatic carbocycles. The van der Waals surface area contributed by atoms with Crippen molar-refractivity contribution in [2.75, 3.05) is 0 Å². The summed E-state index contributed by atoms with van der Waals surface area (Å²) in [6.07, 6.45) is 0. The van der Waals surface area contributed by atoms with Crippen LogP contribution in [0.25, 0.3) is 10.8 Å². The quantitative estimate of drug-likeness (QED) is 0.140. The van der Waals surface area contributed by atoms with E-state index >= 15 is 0 Å². The minimum atomic E-state index is -1.13. The first kappa shape index (κ1) is 20.0. The second-order valence-corrected chi connectivity index (χ2v) is 7.37. The number of benzene rings is 3. The lowest BCUT2D eigenvalue weighted by Gasteiger charge is -2.13. The summed E-state index contributed by atoms with van der Waals surface area (Å²) in [4.78, 5) is 27.6. The Bertz CT molecular complexity index is 1150. The number of phenols is 2. The van der Waals surface area contributed by atoms with Gasteiger partial charge in [-0.15, -0.1) is 0 Å². The number of nitrogens with one attached hydrogen (secondary N) is 1. The van der Waals surface area contributed by atoms with E-state index in [2.05, 4.69) is 36.9 Å². The van der Waals surface area contributed by atoms with Crippen molar-refractivity contribution in [1.82, 2.24) is 5.43 Å². The van der Waals surface area contributed by atoms with Crippen LogP contribution >= 0.6 is 31.9 Å². The van der Waals surface area contributed by atoms with Crippen LogP contribution in [0, 0.1) is 0 Å². The summed E-state index contributed by atoms with van der Waals surface area (Å²) >= 11 is 6.29. The summed E-state index contributed by atoms with van der Waals surface area (Å²) in [7, 11) is 0. The van der Waals surface area contributed by atoms with Crippen molar-refractivity contribution in [3.63, 3.8) is 0 Å². The van der Waals surface area contributed by atoms with E-state index in [1.165, 1.54) is 6.07 Å². The number of nitrogens with two attached hydrogens (primary N) is 1. The van der Waals surface area contributed by atoms with Gasteiger partial charge in [0, 0.05) is 11.1 Å². The summed E-state index contributed by atoms with van der Waals surface area (Å²) < 4.78 is 0.275. The van der Waals surface area contributed by atoms with Gasteiger partial charge in [0.15, 0.2) is 0 Å². The van der Waals surface area contributed by atoms with E-state index in [1.54, 1.807) is 17.6 Å². The van der Waals surface area contributed by atoms with Crippen LogP contribution in [0.15, 0.2) is 62.5 Å². The molecule has 3 aromatic carbocycles. The predicted octanol–water partition coefficient (Wildman–Crippen LogP) is 3.13. The van der Waals surface area contributed by atoms with E-state index in [4.69, 9.17) is 5.84 Å². The monoisotopic (exact) mass is 505 g/mol. The first-order valence-electron chi connectivity index (χ1n) is 7.86. The minimum absolute atomic E-state index is 0.0149. The number of nitrogens with zero attached hydrogens (tertiary/aromatic N) is 1. The molecule has 0 atom stereocenters. The molecule has 0 heterocycles. The highest BCUT2D eigenvalue weighted by atomic mass is 79.9. The van der Waals surface area contributed by atoms with Gasteiger partial charge in [-0.1, -0.05) is 36.4 Å². The van der Waals surface area contributed by atoms with E-state index in [-0.39, 0.29) is 31.7 Å². The van der Waals surface area contributed by atoms with Crippen molar-refractivity contribution in [2.45, 2.75) is 0 Å².